The molecule has 0 bridgehead atoms. The highest BCUT2D eigenvalue weighted by molar-refractivity contribution is 6.05. The van der Waals surface area contributed by atoms with Crippen molar-refractivity contribution in [3.05, 3.63) is 89.5 Å². The fourth-order valence-electron chi connectivity index (χ4n) is 5.34. The number of aromatic amines is 1. The molecule has 4 amide bonds. The van der Waals surface area contributed by atoms with Crippen LogP contribution in [0.5, 0.6) is 0 Å². The Morgan fingerprint density at radius 1 is 1.02 bits per heavy atom. The lowest BCUT2D eigenvalue weighted by Gasteiger charge is -2.28. The molecule has 4 aromatic rings. The monoisotopic (exact) mass is 580 g/mol. The number of carbonyl (C=O) groups is 3. The van der Waals surface area contributed by atoms with Crippen molar-refractivity contribution in [2.45, 2.75) is 58.0 Å². The van der Waals surface area contributed by atoms with Crippen molar-refractivity contribution in [3.63, 3.8) is 0 Å². The molecule has 11 heteroatoms. The number of amides is 4. The first-order valence-corrected chi connectivity index (χ1v) is 14.3. The van der Waals surface area contributed by atoms with E-state index >= 15 is 0 Å². The van der Waals surface area contributed by atoms with E-state index < -0.39 is 17.6 Å². The van der Waals surface area contributed by atoms with Gasteiger partial charge in [0, 0.05) is 28.4 Å². The molecular formula is C32H36N8O3. The van der Waals surface area contributed by atoms with Gasteiger partial charge in [0.25, 0.3) is 0 Å². The van der Waals surface area contributed by atoms with E-state index in [2.05, 4.69) is 42.6 Å². The van der Waals surface area contributed by atoms with Gasteiger partial charge < -0.3 is 20.9 Å². The average molecular weight is 581 g/mol. The quantitative estimate of drug-likeness (QED) is 0.255. The first-order valence-electron chi connectivity index (χ1n) is 14.3. The number of rotatable bonds is 7. The molecule has 222 valence electrons. The van der Waals surface area contributed by atoms with Gasteiger partial charge in [0.2, 0.25) is 17.6 Å². The lowest BCUT2D eigenvalue weighted by Crippen LogP contribution is -2.53. The van der Waals surface area contributed by atoms with Gasteiger partial charge >= 0.3 is 6.03 Å². The molecular weight excluding hydrogens is 544 g/mol. The predicted molar refractivity (Wildman–Crippen MR) is 165 cm³/mol. The standard InChI is InChI=1S/C32H36N8O3/c1-5-20-14-15-24-25(21-10-7-6-8-11-21)18-26(30(42)40(27(24)16-20)19-28(41)35-32(2,3)4)34-31(43)33-23-13-9-12-22(17-23)29-36-38-39-37-29/h6-17,25-26H,5,18-19H2,1-4H3,(H,35,41)(H2,33,34,43)(H,36,37,38,39). The molecule has 2 unspecified atom stereocenters. The molecule has 1 aliphatic heterocycles. The van der Waals surface area contributed by atoms with Crippen molar-refractivity contribution >= 4 is 29.2 Å². The summed E-state index contributed by atoms with van der Waals surface area (Å²) in [6.45, 7) is 7.56. The van der Waals surface area contributed by atoms with E-state index in [1.54, 1.807) is 24.3 Å². The summed E-state index contributed by atoms with van der Waals surface area (Å²) in [4.78, 5) is 42.3. The van der Waals surface area contributed by atoms with Gasteiger partial charge in [-0.3, -0.25) is 9.59 Å². The SMILES string of the molecule is CCc1ccc2c(c1)N(CC(=O)NC(C)(C)C)C(=O)C(NC(=O)Nc1cccc(-c3nn[nH]n3)c1)CC2c1ccccc1. The van der Waals surface area contributed by atoms with Crippen LogP contribution in [0.3, 0.4) is 0 Å². The number of aryl methyl sites for hydroxylation is 1. The molecule has 5 rings (SSSR count). The number of urea groups is 1. The topological polar surface area (TPSA) is 145 Å². The molecule has 2 atom stereocenters. The number of hydrogen-bond acceptors (Lipinski definition) is 6. The Balaban J connectivity index is 1.48. The highest BCUT2D eigenvalue weighted by atomic mass is 16.2. The third-order valence-electron chi connectivity index (χ3n) is 7.25. The number of benzene rings is 3. The summed E-state index contributed by atoms with van der Waals surface area (Å²) in [5.41, 5.74) is 4.36. The molecule has 0 fully saturated rings. The van der Waals surface area contributed by atoms with Crippen LogP contribution in [0.4, 0.5) is 16.2 Å². The van der Waals surface area contributed by atoms with Crippen molar-refractivity contribution in [2.24, 2.45) is 0 Å². The van der Waals surface area contributed by atoms with E-state index in [0.29, 0.717) is 29.2 Å². The van der Waals surface area contributed by atoms with Crippen LogP contribution < -0.4 is 20.9 Å². The molecule has 1 aromatic heterocycles. The van der Waals surface area contributed by atoms with Crippen molar-refractivity contribution in [3.8, 4) is 11.4 Å². The summed E-state index contributed by atoms with van der Waals surface area (Å²) in [6, 6.07) is 21.6. The van der Waals surface area contributed by atoms with Crippen LogP contribution in [0.25, 0.3) is 11.4 Å². The van der Waals surface area contributed by atoms with Gasteiger partial charge in [-0.25, -0.2) is 4.79 Å². The van der Waals surface area contributed by atoms with Gasteiger partial charge in [0.1, 0.15) is 12.6 Å². The summed E-state index contributed by atoms with van der Waals surface area (Å²) < 4.78 is 0. The molecule has 0 spiro atoms. The number of fused-ring (bicyclic) bond motifs is 1. The summed E-state index contributed by atoms with van der Waals surface area (Å²) in [6.07, 6.45) is 1.08. The van der Waals surface area contributed by atoms with Crippen LogP contribution in [0, 0.1) is 0 Å². The first-order chi connectivity index (χ1) is 20.6. The van der Waals surface area contributed by atoms with E-state index in [4.69, 9.17) is 0 Å². The average Bonchev–Trinajstić information content (AvgIpc) is 3.49. The van der Waals surface area contributed by atoms with Crippen LogP contribution in [-0.2, 0) is 16.0 Å². The fourth-order valence-corrected chi connectivity index (χ4v) is 5.34. The van der Waals surface area contributed by atoms with Gasteiger partial charge in [-0.15, -0.1) is 10.2 Å². The number of nitrogens with zero attached hydrogens (tertiary/aromatic N) is 4. The Kier molecular flexibility index (Phi) is 8.51. The maximum absolute atomic E-state index is 14.3. The second kappa shape index (κ2) is 12.4. The summed E-state index contributed by atoms with van der Waals surface area (Å²) >= 11 is 0. The highest BCUT2D eigenvalue weighted by Crippen LogP contribution is 2.40. The van der Waals surface area contributed by atoms with Gasteiger partial charge in [-0.1, -0.05) is 61.5 Å². The molecule has 2 heterocycles. The van der Waals surface area contributed by atoms with E-state index in [-0.39, 0.29) is 24.3 Å². The summed E-state index contributed by atoms with van der Waals surface area (Å²) in [7, 11) is 0. The third kappa shape index (κ3) is 7.06. The maximum atomic E-state index is 14.3. The Hall–Kier alpha value is -5.06. The molecule has 0 saturated heterocycles. The first kappa shape index (κ1) is 29.4. The van der Waals surface area contributed by atoms with Crippen LogP contribution in [0.2, 0.25) is 0 Å². The number of H-pyrrole nitrogens is 1. The molecule has 0 saturated carbocycles. The summed E-state index contributed by atoms with van der Waals surface area (Å²) in [5, 5.41) is 22.7. The molecule has 43 heavy (non-hydrogen) atoms. The lowest BCUT2D eigenvalue weighted by atomic mass is 9.85. The zero-order valence-electron chi connectivity index (χ0n) is 24.7. The van der Waals surface area contributed by atoms with Gasteiger partial charge in [-0.05, 0) is 73.7 Å². The van der Waals surface area contributed by atoms with E-state index in [9.17, 15) is 14.4 Å². The van der Waals surface area contributed by atoms with Gasteiger partial charge in [0.05, 0.1) is 0 Å². The molecule has 11 nitrogen and oxygen atoms in total. The number of nitrogens with one attached hydrogen (secondary N) is 4. The fraction of sp³-hybridized carbons (Fsp3) is 0.312. The second-order valence-electron chi connectivity index (χ2n) is 11.6. The number of tetrazole rings is 1. The van der Waals surface area contributed by atoms with E-state index in [0.717, 1.165) is 23.1 Å². The number of anilines is 2. The number of carbonyl (C=O) groups excluding carboxylic acids is 3. The van der Waals surface area contributed by atoms with Gasteiger partial charge in [-0.2, -0.15) is 5.21 Å². The van der Waals surface area contributed by atoms with E-state index in [1.165, 1.54) is 4.90 Å². The summed E-state index contributed by atoms with van der Waals surface area (Å²) in [5.74, 6) is -0.447. The van der Waals surface area contributed by atoms with Crippen LogP contribution in [0.15, 0.2) is 72.8 Å². The predicted octanol–water partition coefficient (Wildman–Crippen LogP) is 4.40. The smallest absolute Gasteiger partial charge is 0.319 e. The zero-order chi connectivity index (χ0) is 30.6. The minimum Gasteiger partial charge on any atom is -0.350 e. The lowest BCUT2D eigenvalue weighted by molar-refractivity contribution is -0.125. The molecule has 4 N–H and O–H groups in total. The van der Waals surface area contributed by atoms with Crippen molar-refractivity contribution in [1.29, 1.82) is 0 Å². The Labute approximate surface area is 250 Å². The van der Waals surface area contributed by atoms with Crippen LogP contribution in [0.1, 0.15) is 56.7 Å². The van der Waals surface area contributed by atoms with Crippen LogP contribution >= 0.6 is 0 Å². The van der Waals surface area contributed by atoms with Crippen molar-refractivity contribution < 1.29 is 14.4 Å². The Morgan fingerprint density at radius 2 is 1.81 bits per heavy atom. The van der Waals surface area contributed by atoms with Crippen molar-refractivity contribution in [2.75, 3.05) is 16.8 Å². The van der Waals surface area contributed by atoms with Gasteiger partial charge in [0.15, 0.2) is 0 Å². The third-order valence-corrected chi connectivity index (χ3v) is 7.25. The normalized spacial score (nSPS) is 16.7. The largest absolute Gasteiger partial charge is 0.350 e. The Morgan fingerprint density at radius 3 is 2.51 bits per heavy atom. The molecule has 1 aliphatic rings. The highest BCUT2D eigenvalue weighted by Gasteiger charge is 2.38. The number of hydrogen-bond donors (Lipinski definition) is 4. The molecule has 0 aliphatic carbocycles. The second-order valence-corrected chi connectivity index (χ2v) is 11.6. The number of aromatic nitrogens is 4. The van der Waals surface area contributed by atoms with Crippen LogP contribution in [-0.4, -0.2) is 56.6 Å². The molecule has 3 aromatic carbocycles. The Bertz CT molecular complexity index is 1600. The van der Waals surface area contributed by atoms with Crippen molar-refractivity contribution in [1.82, 2.24) is 31.3 Å². The molecule has 0 radical (unpaired) electrons. The minimum absolute atomic E-state index is 0.176. The zero-order valence-corrected chi connectivity index (χ0v) is 24.7. The minimum atomic E-state index is -0.912. The van der Waals surface area contributed by atoms with E-state index in [1.807, 2.05) is 70.2 Å². The maximum Gasteiger partial charge on any atom is 0.319 e.